The van der Waals surface area contributed by atoms with Crippen molar-refractivity contribution in [3.63, 3.8) is 0 Å². The Bertz CT molecular complexity index is 1210. The molecule has 2 heterocycles. The molecule has 0 atom stereocenters. The molecule has 0 radical (unpaired) electrons. The zero-order chi connectivity index (χ0) is 22.7. The predicted molar refractivity (Wildman–Crippen MR) is 115 cm³/mol. The van der Waals surface area contributed by atoms with Crippen molar-refractivity contribution in [3.05, 3.63) is 83.3 Å². The highest BCUT2D eigenvalue weighted by Crippen LogP contribution is 2.33. The maximum atomic E-state index is 12.7. The van der Waals surface area contributed by atoms with Gasteiger partial charge < -0.3 is 14.5 Å². The summed E-state index contributed by atoms with van der Waals surface area (Å²) < 4.78 is 49.1. The first-order valence-corrected chi connectivity index (χ1v) is 9.86. The summed E-state index contributed by atoms with van der Waals surface area (Å²) in [5, 5.41) is 0.646. The van der Waals surface area contributed by atoms with Crippen molar-refractivity contribution >= 4 is 11.6 Å². The summed E-state index contributed by atoms with van der Waals surface area (Å²) in [5.74, 6) is 1.60. The quantitative estimate of drug-likeness (QED) is 0.362. The summed E-state index contributed by atoms with van der Waals surface area (Å²) in [6.45, 7) is -0.00301. The number of nitrogens with zero attached hydrogens (tertiary/aromatic N) is 2. The van der Waals surface area contributed by atoms with Crippen LogP contribution in [-0.4, -0.2) is 22.1 Å². The predicted octanol–water partition coefficient (Wildman–Crippen LogP) is 6.40. The lowest BCUT2D eigenvalue weighted by atomic mass is 10.1. The van der Waals surface area contributed by atoms with E-state index in [4.69, 9.17) is 21.1 Å². The van der Waals surface area contributed by atoms with Crippen LogP contribution in [0.25, 0.3) is 22.6 Å². The Morgan fingerprint density at radius 2 is 1.72 bits per heavy atom. The van der Waals surface area contributed by atoms with Gasteiger partial charge in [0.05, 0.1) is 24.1 Å². The molecular weight excluding hydrogens is 443 g/mol. The van der Waals surface area contributed by atoms with Crippen molar-refractivity contribution in [2.24, 2.45) is 0 Å². The fourth-order valence-electron chi connectivity index (χ4n) is 3.00. The molecule has 1 N–H and O–H groups in total. The smallest absolute Gasteiger partial charge is 0.417 e. The number of nitrogens with one attached hydrogen (secondary N) is 1. The van der Waals surface area contributed by atoms with Gasteiger partial charge in [0.25, 0.3) is 0 Å². The molecule has 9 heteroatoms. The zero-order valence-corrected chi connectivity index (χ0v) is 17.5. The molecule has 0 saturated heterocycles. The van der Waals surface area contributed by atoms with E-state index in [0.717, 1.165) is 23.4 Å². The van der Waals surface area contributed by atoms with E-state index in [-0.39, 0.29) is 6.61 Å². The molecule has 164 valence electrons. The Morgan fingerprint density at radius 3 is 2.38 bits per heavy atom. The molecule has 0 unspecified atom stereocenters. The summed E-state index contributed by atoms with van der Waals surface area (Å²) in [4.78, 5) is 11.6. The summed E-state index contributed by atoms with van der Waals surface area (Å²) in [7, 11) is 1.51. The first-order chi connectivity index (χ1) is 15.3. The molecule has 5 nitrogen and oxygen atoms in total. The molecule has 4 rings (SSSR count). The third kappa shape index (κ3) is 4.86. The van der Waals surface area contributed by atoms with Crippen LogP contribution in [0.2, 0.25) is 5.02 Å². The molecule has 2 aromatic carbocycles. The van der Waals surface area contributed by atoms with Crippen LogP contribution < -0.4 is 9.47 Å². The van der Waals surface area contributed by atoms with Crippen molar-refractivity contribution in [2.75, 3.05) is 7.11 Å². The Kier molecular flexibility index (Phi) is 6.05. The summed E-state index contributed by atoms with van der Waals surface area (Å²) in [5.41, 5.74) is 1.98. The number of imidazole rings is 1. The fraction of sp³-hybridized carbons (Fsp3) is 0.130. The topological polar surface area (TPSA) is 60.0 Å². The van der Waals surface area contributed by atoms with E-state index >= 15 is 0 Å². The highest BCUT2D eigenvalue weighted by molar-refractivity contribution is 6.30. The maximum Gasteiger partial charge on any atom is 0.417 e. The van der Waals surface area contributed by atoms with Crippen LogP contribution >= 0.6 is 11.6 Å². The number of aromatic nitrogens is 3. The van der Waals surface area contributed by atoms with Crippen LogP contribution in [0.3, 0.4) is 0 Å². The molecule has 4 aromatic rings. The molecule has 0 amide bonds. The van der Waals surface area contributed by atoms with E-state index in [2.05, 4.69) is 15.0 Å². The van der Waals surface area contributed by atoms with E-state index in [9.17, 15) is 13.2 Å². The van der Waals surface area contributed by atoms with E-state index in [1.165, 1.54) is 13.2 Å². The van der Waals surface area contributed by atoms with E-state index in [1.807, 2.05) is 18.2 Å². The van der Waals surface area contributed by atoms with Gasteiger partial charge >= 0.3 is 6.18 Å². The Hall–Kier alpha value is -3.52. The van der Waals surface area contributed by atoms with Gasteiger partial charge in [0.2, 0.25) is 0 Å². The number of rotatable bonds is 6. The average molecular weight is 460 g/mol. The molecule has 32 heavy (non-hydrogen) atoms. The largest absolute Gasteiger partial charge is 0.493 e. The normalized spacial score (nSPS) is 11.4. The van der Waals surface area contributed by atoms with Crippen molar-refractivity contribution < 1.29 is 22.6 Å². The van der Waals surface area contributed by atoms with E-state index in [0.29, 0.717) is 33.7 Å². The Labute approximate surface area is 186 Å². The van der Waals surface area contributed by atoms with Gasteiger partial charge in [-0.1, -0.05) is 11.6 Å². The lowest BCUT2D eigenvalue weighted by Gasteiger charge is -2.12. The maximum absolute atomic E-state index is 12.7. The molecular formula is C23H17ClF3N3O2. The number of hydrogen-bond donors (Lipinski definition) is 1. The highest BCUT2D eigenvalue weighted by atomic mass is 35.5. The monoisotopic (exact) mass is 459 g/mol. The summed E-state index contributed by atoms with van der Waals surface area (Å²) in [6.07, 6.45) is -1.86. The van der Waals surface area contributed by atoms with Crippen LogP contribution in [0.4, 0.5) is 13.2 Å². The van der Waals surface area contributed by atoms with E-state index < -0.39 is 11.7 Å². The molecule has 0 spiro atoms. The van der Waals surface area contributed by atoms with Crippen LogP contribution in [0.1, 0.15) is 11.3 Å². The van der Waals surface area contributed by atoms with Crippen LogP contribution in [0.5, 0.6) is 11.5 Å². The minimum Gasteiger partial charge on any atom is -0.493 e. The van der Waals surface area contributed by atoms with E-state index in [1.54, 1.807) is 30.5 Å². The number of methoxy groups -OCH3 is 1. The SMILES string of the molecule is COc1cc(-c2c[nH]c(-c3ccc(Cl)cc3)n2)ccc1OCc1ccc(C(F)(F)F)cn1. The minimum absolute atomic E-state index is 0.00301. The number of hydrogen-bond acceptors (Lipinski definition) is 4. The molecule has 0 fully saturated rings. The zero-order valence-electron chi connectivity index (χ0n) is 16.8. The van der Waals surface area contributed by atoms with Gasteiger partial charge in [-0.2, -0.15) is 13.2 Å². The third-order valence-electron chi connectivity index (χ3n) is 4.68. The summed E-state index contributed by atoms with van der Waals surface area (Å²) >= 11 is 5.93. The molecule has 0 aliphatic carbocycles. The molecule has 0 saturated carbocycles. The molecule has 0 aliphatic heterocycles. The van der Waals surface area contributed by atoms with Gasteiger partial charge in [-0.05, 0) is 54.6 Å². The first-order valence-electron chi connectivity index (χ1n) is 9.48. The number of alkyl halides is 3. The lowest BCUT2D eigenvalue weighted by molar-refractivity contribution is -0.137. The Balaban J connectivity index is 1.49. The molecule has 0 bridgehead atoms. The van der Waals surface area contributed by atoms with Gasteiger partial charge in [0, 0.05) is 28.5 Å². The number of aromatic amines is 1. The van der Waals surface area contributed by atoms with Gasteiger partial charge in [0.1, 0.15) is 12.4 Å². The number of halogens is 4. The second-order valence-electron chi connectivity index (χ2n) is 6.83. The molecule has 0 aliphatic rings. The average Bonchev–Trinajstić information content (AvgIpc) is 3.28. The van der Waals surface area contributed by atoms with Crippen LogP contribution in [-0.2, 0) is 12.8 Å². The van der Waals surface area contributed by atoms with Crippen LogP contribution in [0, 0.1) is 0 Å². The number of ether oxygens (including phenoxy) is 2. The lowest BCUT2D eigenvalue weighted by Crippen LogP contribution is -2.07. The van der Waals surface area contributed by atoms with Crippen LogP contribution in [0.15, 0.2) is 67.0 Å². The van der Waals surface area contributed by atoms with Crippen molar-refractivity contribution in [3.8, 4) is 34.1 Å². The Morgan fingerprint density at radius 1 is 0.969 bits per heavy atom. The number of H-pyrrole nitrogens is 1. The number of pyridine rings is 1. The summed E-state index contributed by atoms with van der Waals surface area (Å²) in [6, 6.07) is 14.9. The van der Waals surface area contributed by atoms with Gasteiger partial charge in [-0.15, -0.1) is 0 Å². The van der Waals surface area contributed by atoms with Gasteiger partial charge in [-0.3, -0.25) is 4.98 Å². The first kappa shape index (κ1) is 21.7. The van der Waals surface area contributed by atoms with Crippen molar-refractivity contribution in [1.82, 2.24) is 15.0 Å². The standard InChI is InChI=1S/C23H17ClF3N3O2/c1-31-21-10-15(19-12-29-22(30-19)14-2-6-17(24)7-3-14)4-9-20(21)32-13-18-8-5-16(11-28-18)23(25,26)27/h2-12H,13H2,1H3,(H,29,30). The molecule has 2 aromatic heterocycles. The third-order valence-corrected chi connectivity index (χ3v) is 4.93. The fourth-order valence-corrected chi connectivity index (χ4v) is 3.13. The minimum atomic E-state index is -4.43. The second kappa shape index (κ2) is 8.92. The highest BCUT2D eigenvalue weighted by Gasteiger charge is 2.30. The van der Waals surface area contributed by atoms with Gasteiger partial charge in [-0.25, -0.2) is 4.98 Å². The number of benzene rings is 2. The van der Waals surface area contributed by atoms with Gasteiger partial charge in [0.15, 0.2) is 11.5 Å². The van der Waals surface area contributed by atoms with Crippen molar-refractivity contribution in [1.29, 1.82) is 0 Å². The van der Waals surface area contributed by atoms with Crippen molar-refractivity contribution in [2.45, 2.75) is 12.8 Å². The second-order valence-corrected chi connectivity index (χ2v) is 7.27.